The number of aliphatic hydroxyl groups excluding tert-OH is 1. The Morgan fingerprint density at radius 1 is 1.24 bits per heavy atom. The van der Waals surface area contributed by atoms with Crippen LogP contribution in [0.2, 0.25) is 0 Å². The zero-order chi connectivity index (χ0) is 12.8. The summed E-state index contributed by atoms with van der Waals surface area (Å²) in [6.07, 6.45) is 3.09. The first-order valence-electron chi connectivity index (χ1n) is 6.72. The van der Waals surface area contributed by atoms with Crippen molar-refractivity contribution in [2.45, 2.75) is 52.2 Å². The van der Waals surface area contributed by atoms with E-state index in [-0.39, 0.29) is 24.0 Å². The number of nitrogens with zero attached hydrogens (tertiary/aromatic N) is 1. The van der Waals surface area contributed by atoms with Crippen LogP contribution >= 0.6 is 0 Å². The van der Waals surface area contributed by atoms with Gasteiger partial charge in [-0.15, -0.1) is 0 Å². The normalized spacial score (nSPS) is 20.4. The molecule has 0 aromatic rings. The smallest absolute Gasteiger partial charge is 0.239 e. The van der Waals surface area contributed by atoms with E-state index in [4.69, 9.17) is 0 Å². The molecule has 1 aliphatic rings. The minimum absolute atomic E-state index is 0.167. The zero-order valence-corrected chi connectivity index (χ0v) is 11.3. The van der Waals surface area contributed by atoms with Crippen molar-refractivity contribution in [2.75, 3.05) is 19.6 Å². The van der Waals surface area contributed by atoms with Gasteiger partial charge in [-0.2, -0.15) is 0 Å². The van der Waals surface area contributed by atoms with Gasteiger partial charge in [0.25, 0.3) is 0 Å². The summed E-state index contributed by atoms with van der Waals surface area (Å²) >= 11 is 0. The van der Waals surface area contributed by atoms with Crippen LogP contribution in [0.5, 0.6) is 0 Å². The lowest BCUT2D eigenvalue weighted by Gasteiger charge is -2.30. The number of carbonyl (C=O) groups is 1. The molecule has 4 heteroatoms. The number of hydrogen-bond acceptors (Lipinski definition) is 3. The van der Waals surface area contributed by atoms with E-state index >= 15 is 0 Å². The highest BCUT2D eigenvalue weighted by molar-refractivity contribution is 5.81. The van der Waals surface area contributed by atoms with Gasteiger partial charge in [-0.3, -0.25) is 4.79 Å². The number of carbonyl (C=O) groups excluding carboxylic acids is 1. The maximum absolute atomic E-state index is 12.1. The molecule has 1 fully saturated rings. The van der Waals surface area contributed by atoms with Crippen LogP contribution in [0, 0.1) is 5.92 Å². The number of amides is 1. The van der Waals surface area contributed by atoms with Gasteiger partial charge in [-0.05, 0) is 32.1 Å². The minimum Gasteiger partial charge on any atom is -0.392 e. The predicted molar refractivity (Wildman–Crippen MR) is 68.7 cm³/mol. The summed E-state index contributed by atoms with van der Waals surface area (Å²) in [5, 5.41) is 12.8. The van der Waals surface area contributed by atoms with E-state index in [9.17, 15) is 9.90 Å². The monoisotopic (exact) mass is 242 g/mol. The van der Waals surface area contributed by atoms with Crippen LogP contribution < -0.4 is 5.32 Å². The Hall–Kier alpha value is -0.610. The second kappa shape index (κ2) is 6.97. The molecule has 0 radical (unpaired) electrons. The van der Waals surface area contributed by atoms with Gasteiger partial charge in [0.2, 0.25) is 5.91 Å². The minimum atomic E-state index is -0.383. The first-order chi connectivity index (χ1) is 8.02. The van der Waals surface area contributed by atoms with E-state index in [0.29, 0.717) is 6.54 Å². The number of nitrogens with one attached hydrogen (secondary N) is 1. The molecule has 4 nitrogen and oxygen atoms in total. The number of likely N-dealkylation sites (tertiary alicyclic amines) is 1. The summed E-state index contributed by atoms with van der Waals surface area (Å²) < 4.78 is 0. The fraction of sp³-hybridized carbons (Fsp3) is 0.923. The summed E-state index contributed by atoms with van der Waals surface area (Å²) in [6, 6.07) is -0.193. The SMILES string of the molecule is CC(NCC(O)C(C)C)C(=O)N1CCCCC1. The molecule has 1 aliphatic heterocycles. The van der Waals surface area contributed by atoms with Crippen molar-refractivity contribution >= 4 is 5.91 Å². The molecule has 2 N–H and O–H groups in total. The Labute approximate surface area is 104 Å². The molecule has 2 unspecified atom stereocenters. The van der Waals surface area contributed by atoms with Gasteiger partial charge < -0.3 is 15.3 Å². The van der Waals surface area contributed by atoms with Crippen LogP contribution in [0.4, 0.5) is 0 Å². The molecule has 0 aromatic heterocycles. The van der Waals surface area contributed by atoms with Crippen molar-refractivity contribution in [1.82, 2.24) is 10.2 Å². The van der Waals surface area contributed by atoms with Crippen molar-refractivity contribution < 1.29 is 9.90 Å². The van der Waals surface area contributed by atoms with Crippen LogP contribution in [0.1, 0.15) is 40.0 Å². The second-order valence-electron chi connectivity index (χ2n) is 5.33. The molecule has 1 amide bonds. The topological polar surface area (TPSA) is 52.6 Å². The molecule has 0 bridgehead atoms. The highest BCUT2D eigenvalue weighted by Gasteiger charge is 2.22. The Balaban J connectivity index is 2.30. The molecular weight excluding hydrogens is 216 g/mol. The Kier molecular flexibility index (Phi) is 5.92. The Bertz CT molecular complexity index is 238. The lowest BCUT2D eigenvalue weighted by atomic mass is 10.1. The van der Waals surface area contributed by atoms with Crippen molar-refractivity contribution in [2.24, 2.45) is 5.92 Å². The summed E-state index contributed by atoms with van der Waals surface area (Å²) in [5.74, 6) is 0.389. The quantitative estimate of drug-likeness (QED) is 0.756. The highest BCUT2D eigenvalue weighted by atomic mass is 16.3. The average Bonchev–Trinajstić information content (AvgIpc) is 2.35. The molecule has 2 atom stereocenters. The number of rotatable bonds is 5. The van der Waals surface area contributed by atoms with Crippen molar-refractivity contribution in [1.29, 1.82) is 0 Å². The molecule has 0 saturated carbocycles. The van der Waals surface area contributed by atoms with E-state index in [1.165, 1.54) is 6.42 Å². The lowest BCUT2D eigenvalue weighted by molar-refractivity contribution is -0.134. The van der Waals surface area contributed by atoms with E-state index in [1.807, 2.05) is 25.7 Å². The predicted octanol–water partition coefficient (Wildman–Crippen LogP) is 0.994. The third kappa shape index (κ3) is 4.64. The van der Waals surface area contributed by atoms with Crippen LogP contribution in [-0.4, -0.2) is 47.7 Å². The third-order valence-electron chi connectivity index (χ3n) is 3.44. The van der Waals surface area contributed by atoms with Crippen LogP contribution in [-0.2, 0) is 4.79 Å². The van der Waals surface area contributed by atoms with Gasteiger partial charge in [-0.25, -0.2) is 0 Å². The molecule has 0 spiro atoms. The zero-order valence-electron chi connectivity index (χ0n) is 11.3. The molecule has 17 heavy (non-hydrogen) atoms. The highest BCUT2D eigenvalue weighted by Crippen LogP contribution is 2.10. The van der Waals surface area contributed by atoms with Crippen LogP contribution in [0.15, 0.2) is 0 Å². The molecule has 100 valence electrons. The van der Waals surface area contributed by atoms with Gasteiger partial charge in [0.15, 0.2) is 0 Å². The molecule has 1 saturated heterocycles. The van der Waals surface area contributed by atoms with Gasteiger partial charge in [-0.1, -0.05) is 13.8 Å². The van der Waals surface area contributed by atoms with Gasteiger partial charge in [0, 0.05) is 19.6 Å². The number of hydrogen-bond donors (Lipinski definition) is 2. The largest absolute Gasteiger partial charge is 0.392 e. The third-order valence-corrected chi connectivity index (χ3v) is 3.44. The fourth-order valence-electron chi connectivity index (χ4n) is 2.01. The molecular formula is C13H26N2O2. The summed E-state index contributed by atoms with van der Waals surface area (Å²) in [7, 11) is 0. The van der Waals surface area contributed by atoms with E-state index in [0.717, 1.165) is 25.9 Å². The van der Waals surface area contributed by atoms with Crippen LogP contribution in [0.25, 0.3) is 0 Å². The fourth-order valence-corrected chi connectivity index (χ4v) is 2.01. The van der Waals surface area contributed by atoms with E-state index < -0.39 is 0 Å². The van der Waals surface area contributed by atoms with Crippen molar-refractivity contribution in [3.8, 4) is 0 Å². The standard InChI is InChI=1S/C13H26N2O2/c1-10(2)12(16)9-14-11(3)13(17)15-7-5-4-6-8-15/h10-12,14,16H,4-9H2,1-3H3. The first kappa shape index (κ1) is 14.5. The molecule has 0 aromatic carbocycles. The average molecular weight is 242 g/mol. The first-order valence-corrected chi connectivity index (χ1v) is 6.72. The van der Waals surface area contributed by atoms with Crippen molar-refractivity contribution in [3.63, 3.8) is 0 Å². The summed E-state index contributed by atoms with van der Waals surface area (Å²) in [5.41, 5.74) is 0. The van der Waals surface area contributed by atoms with Gasteiger partial charge in [0.05, 0.1) is 12.1 Å². The van der Waals surface area contributed by atoms with Gasteiger partial charge >= 0.3 is 0 Å². The molecule has 1 rings (SSSR count). The molecule has 0 aliphatic carbocycles. The Morgan fingerprint density at radius 2 is 1.82 bits per heavy atom. The maximum atomic E-state index is 12.1. The number of aliphatic hydroxyl groups is 1. The van der Waals surface area contributed by atoms with E-state index in [1.54, 1.807) is 0 Å². The maximum Gasteiger partial charge on any atom is 0.239 e. The summed E-state index contributed by atoms with van der Waals surface area (Å²) in [6.45, 7) is 8.09. The lowest BCUT2D eigenvalue weighted by Crippen LogP contribution is -2.48. The second-order valence-corrected chi connectivity index (χ2v) is 5.33. The van der Waals surface area contributed by atoms with Crippen LogP contribution in [0.3, 0.4) is 0 Å². The van der Waals surface area contributed by atoms with E-state index in [2.05, 4.69) is 5.32 Å². The van der Waals surface area contributed by atoms with Crippen molar-refractivity contribution in [3.05, 3.63) is 0 Å². The van der Waals surface area contributed by atoms with Gasteiger partial charge in [0.1, 0.15) is 0 Å². The Morgan fingerprint density at radius 3 is 2.35 bits per heavy atom. The molecule has 1 heterocycles. The summed E-state index contributed by atoms with van der Waals surface area (Å²) in [4.78, 5) is 14.0. The number of piperidine rings is 1.